The lowest BCUT2D eigenvalue weighted by Gasteiger charge is -2.29. The number of nitrogens with one attached hydrogen (secondary N) is 2. The quantitative estimate of drug-likeness (QED) is 0.382. The summed E-state index contributed by atoms with van der Waals surface area (Å²) in [5.74, 6) is 0.209. The molecule has 1 aromatic carbocycles. The Balaban J connectivity index is 2.89. The number of hydrogen-bond donors (Lipinski definition) is 2. The lowest BCUT2D eigenvalue weighted by Crippen LogP contribution is -2.50. The van der Waals surface area contributed by atoms with E-state index in [1.54, 1.807) is 32.9 Å². The Kier molecular flexibility index (Phi) is 5.89. The van der Waals surface area contributed by atoms with E-state index in [0.29, 0.717) is 5.56 Å². The molecule has 8 heteroatoms. The van der Waals surface area contributed by atoms with Crippen molar-refractivity contribution in [3.05, 3.63) is 39.9 Å². The first-order valence-electron chi connectivity index (χ1n) is 7.44. The second-order valence-corrected chi connectivity index (χ2v) is 6.76. The van der Waals surface area contributed by atoms with Crippen LogP contribution in [0.3, 0.4) is 0 Å². The third kappa shape index (κ3) is 5.86. The van der Waals surface area contributed by atoms with Crippen LogP contribution >= 0.6 is 0 Å². The molecule has 8 nitrogen and oxygen atoms in total. The second-order valence-electron chi connectivity index (χ2n) is 6.76. The van der Waals surface area contributed by atoms with Crippen molar-refractivity contribution in [2.24, 2.45) is 4.99 Å². The number of carbonyl (C=O) groups is 1. The third-order valence-corrected chi connectivity index (χ3v) is 3.05. The van der Waals surface area contributed by atoms with E-state index < -0.39 is 22.2 Å². The first-order valence-corrected chi connectivity index (χ1v) is 7.44. The van der Waals surface area contributed by atoms with Crippen molar-refractivity contribution >= 4 is 17.7 Å². The summed E-state index contributed by atoms with van der Waals surface area (Å²) in [6.07, 6.45) is -0.634. The molecule has 0 atom stereocenters. The number of nitro benzene ring substituents is 1. The van der Waals surface area contributed by atoms with Crippen LogP contribution in [0.25, 0.3) is 0 Å². The number of ether oxygens (including phenoxy) is 1. The van der Waals surface area contributed by atoms with Gasteiger partial charge in [0, 0.05) is 19.2 Å². The number of carbonyl (C=O) groups excluding carboxylic acids is 1. The molecule has 0 radical (unpaired) electrons. The standard InChI is InChI=1S/C16H24N4O4/c1-15(2,3)24-14(21)18-13(17-6)19-16(4,5)11-8-7-9-12(10-11)20(22)23/h7-10H,1-6H3,(H2,17,18,19,21). The number of non-ortho nitro benzene ring substituents is 1. The summed E-state index contributed by atoms with van der Waals surface area (Å²) >= 11 is 0. The topological polar surface area (TPSA) is 106 Å². The first kappa shape index (κ1) is 19.4. The molecule has 0 spiro atoms. The predicted octanol–water partition coefficient (Wildman–Crippen LogP) is 2.93. The van der Waals surface area contributed by atoms with Crippen LogP contribution in [0, 0.1) is 10.1 Å². The van der Waals surface area contributed by atoms with Gasteiger partial charge in [-0.3, -0.25) is 20.4 Å². The number of amides is 1. The highest BCUT2D eigenvalue weighted by atomic mass is 16.6. The summed E-state index contributed by atoms with van der Waals surface area (Å²) in [5.41, 5.74) is -0.643. The van der Waals surface area contributed by atoms with Gasteiger partial charge in [0.05, 0.1) is 10.5 Å². The van der Waals surface area contributed by atoms with Crippen molar-refractivity contribution in [1.82, 2.24) is 10.6 Å². The van der Waals surface area contributed by atoms with Gasteiger partial charge in [0.2, 0.25) is 5.96 Å². The molecular weight excluding hydrogens is 312 g/mol. The molecule has 132 valence electrons. The second kappa shape index (κ2) is 7.29. The zero-order chi connectivity index (χ0) is 18.5. The fourth-order valence-corrected chi connectivity index (χ4v) is 1.92. The molecule has 1 rings (SSSR count). The number of nitro groups is 1. The molecule has 0 unspecified atom stereocenters. The highest BCUT2D eigenvalue weighted by Crippen LogP contribution is 2.24. The number of hydrogen-bond acceptors (Lipinski definition) is 5. The van der Waals surface area contributed by atoms with E-state index >= 15 is 0 Å². The van der Waals surface area contributed by atoms with Crippen LogP contribution in [-0.4, -0.2) is 29.6 Å². The molecular formula is C16H24N4O4. The van der Waals surface area contributed by atoms with Crippen LogP contribution in [0.4, 0.5) is 10.5 Å². The van der Waals surface area contributed by atoms with Gasteiger partial charge in [0.15, 0.2) is 0 Å². The summed E-state index contributed by atoms with van der Waals surface area (Å²) < 4.78 is 5.18. The van der Waals surface area contributed by atoms with Gasteiger partial charge in [0.1, 0.15) is 5.60 Å². The van der Waals surface area contributed by atoms with Gasteiger partial charge in [-0.25, -0.2) is 4.79 Å². The maximum atomic E-state index is 11.9. The van der Waals surface area contributed by atoms with Gasteiger partial charge < -0.3 is 10.1 Å². The Bertz CT molecular complexity index is 648. The Morgan fingerprint density at radius 3 is 2.38 bits per heavy atom. The molecule has 2 N–H and O–H groups in total. The minimum atomic E-state index is -0.699. The Hall–Kier alpha value is -2.64. The van der Waals surface area contributed by atoms with Gasteiger partial charge in [-0.1, -0.05) is 12.1 Å². The van der Waals surface area contributed by atoms with Crippen LogP contribution in [0.2, 0.25) is 0 Å². The van der Waals surface area contributed by atoms with Crippen molar-refractivity contribution in [2.75, 3.05) is 7.05 Å². The van der Waals surface area contributed by atoms with Crippen LogP contribution in [0.1, 0.15) is 40.2 Å². The van der Waals surface area contributed by atoms with E-state index in [0.717, 1.165) is 0 Å². The molecule has 0 aromatic heterocycles. The molecule has 1 amide bonds. The summed E-state index contributed by atoms with van der Waals surface area (Å²) in [6.45, 7) is 8.93. The van der Waals surface area contributed by atoms with E-state index in [2.05, 4.69) is 15.6 Å². The molecule has 0 aliphatic rings. The molecule has 0 heterocycles. The van der Waals surface area contributed by atoms with Crippen molar-refractivity contribution in [2.45, 2.75) is 45.8 Å². The average Bonchev–Trinajstić information content (AvgIpc) is 2.44. The van der Waals surface area contributed by atoms with Crippen molar-refractivity contribution in [1.29, 1.82) is 0 Å². The number of benzene rings is 1. The lowest BCUT2D eigenvalue weighted by atomic mass is 9.94. The normalized spacial score (nSPS) is 12.5. The summed E-state index contributed by atoms with van der Waals surface area (Å²) in [5, 5.41) is 16.5. The Labute approximate surface area is 141 Å². The fraction of sp³-hybridized carbons (Fsp3) is 0.500. The Morgan fingerprint density at radius 1 is 1.25 bits per heavy atom. The van der Waals surface area contributed by atoms with Crippen LogP contribution < -0.4 is 10.6 Å². The number of aliphatic imine (C=N–C) groups is 1. The zero-order valence-electron chi connectivity index (χ0n) is 14.8. The SMILES string of the molecule is CN=C(NC(=O)OC(C)(C)C)NC(C)(C)c1cccc([N+](=O)[O-])c1. The van der Waals surface area contributed by atoms with Gasteiger partial charge in [-0.2, -0.15) is 0 Å². The molecule has 0 saturated carbocycles. The summed E-state index contributed by atoms with van der Waals surface area (Å²) in [6, 6.07) is 6.28. The smallest absolute Gasteiger partial charge is 0.414 e. The molecule has 0 bridgehead atoms. The van der Waals surface area contributed by atoms with Gasteiger partial charge >= 0.3 is 6.09 Å². The minimum Gasteiger partial charge on any atom is -0.444 e. The largest absolute Gasteiger partial charge is 0.444 e. The van der Waals surface area contributed by atoms with Gasteiger partial charge in [-0.05, 0) is 40.2 Å². The van der Waals surface area contributed by atoms with Gasteiger partial charge in [-0.15, -0.1) is 0 Å². The van der Waals surface area contributed by atoms with E-state index in [4.69, 9.17) is 4.74 Å². The van der Waals surface area contributed by atoms with E-state index in [-0.39, 0.29) is 11.6 Å². The lowest BCUT2D eigenvalue weighted by molar-refractivity contribution is -0.385. The monoisotopic (exact) mass is 336 g/mol. The summed E-state index contributed by atoms with van der Waals surface area (Å²) in [4.78, 5) is 26.3. The molecule has 1 aromatic rings. The van der Waals surface area contributed by atoms with Crippen LogP contribution in [-0.2, 0) is 10.3 Å². The number of nitrogens with zero attached hydrogens (tertiary/aromatic N) is 2. The highest BCUT2D eigenvalue weighted by molar-refractivity contribution is 5.94. The van der Waals surface area contributed by atoms with Crippen LogP contribution in [0.15, 0.2) is 29.3 Å². The van der Waals surface area contributed by atoms with E-state index in [1.807, 2.05) is 13.8 Å². The Morgan fingerprint density at radius 2 is 1.88 bits per heavy atom. The molecule has 0 fully saturated rings. The van der Waals surface area contributed by atoms with E-state index in [1.165, 1.54) is 19.2 Å². The van der Waals surface area contributed by atoms with Crippen molar-refractivity contribution in [3.8, 4) is 0 Å². The summed E-state index contributed by atoms with van der Waals surface area (Å²) in [7, 11) is 1.52. The molecule has 0 aliphatic heterocycles. The van der Waals surface area contributed by atoms with Gasteiger partial charge in [0.25, 0.3) is 5.69 Å². The number of rotatable bonds is 3. The third-order valence-electron chi connectivity index (χ3n) is 3.05. The predicted molar refractivity (Wildman–Crippen MR) is 92.0 cm³/mol. The molecule has 24 heavy (non-hydrogen) atoms. The number of alkyl carbamates (subject to hydrolysis) is 1. The minimum absolute atomic E-state index is 0.00235. The molecule has 0 saturated heterocycles. The number of guanidine groups is 1. The average molecular weight is 336 g/mol. The highest BCUT2D eigenvalue weighted by Gasteiger charge is 2.25. The van der Waals surface area contributed by atoms with Crippen molar-refractivity contribution < 1.29 is 14.5 Å². The zero-order valence-corrected chi connectivity index (χ0v) is 14.8. The van der Waals surface area contributed by atoms with E-state index in [9.17, 15) is 14.9 Å². The first-order chi connectivity index (χ1) is 10.9. The maximum Gasteiger partial charge on any atom is 0.414 e. The van der Waals surface area contributed by atoms with Crippen molar-refractivity contribution in [3.63, 3.8) is 0 Å². The molecule has 0 aliphatic carbocycles. The fourth-order valence-electron chi connectivity index (χ4n) is 1.92. The van der Waals surface area contributed by atoms with Crippen LogP contribution in [0.5, 0.6) is 0 Å². The maximum absolute atomic E-state index is 11.9.